The zero-order chi connectivity index (χ0) is 16.1. The van der Waals surface area contributed by atoms with E-state index < -0.39 is 5.97 Å². The summed E-state index contributed by atoms with van der Waals surface area (Å²) in [6.07, 6.45) is 3.32. The molecule has 3 rings (SSSR count). The maximum atomic E-state index is 10.7. The lowest BCUT2D eigenvalue weighted by Crippen LogP contribution is -2.35. The maximum absolute atomic E-state index is 10.7. The molecule has 1 aliphatic heterocycles. The van der Waals surface area contributed by atoms with Crippen LogP contribution in [0, 0.1) is 5.92 Å². The number of carboxylic acids is 1. The fraction of sp³-hybridized carbons (Fsp3) is 0.421. The Kier molecular flexibility index (Phi) is 5.13. The number of nitrogens with zero attached hydrogens (tertiary/aromatic N) is 1. The van der Waals surface area contributed by atoms with Gasteiger partial charge in [-0.25, -0.2) is 0 Å². The Balaban J connectivity index is 1.57. The van der Waals surface area contributed by atoms with Gasteiger partial charge in [0.2, 0.25) is 0 Å². The van der Waals surface area contributed by atoms with Crippen molar-refractivity contribution in [3.63, 3.8) is 0 Å². The molecule has 23 heavy (non-hydrogen) atoms. The molecule has 1 unspecified atom stereocenters. The van der Waals surface area contributed by atoms with Crippen LogP contribution in [-0.4, -0.2) is 29.1 Å². The van der Waals surface area contributed by atoms with E-state index in [0.29, 0.717) is 5.92 Å². The van der Waals surface area contributed by atoms with Gasteiger partial charge in [-0.15, -0.1) is 0 Å². The highest BCUT2D eigenvalue weighted by Crippen LogP contribution is 2.25. The molecule has 1 aliphatic rings. The third-order valence-electron chi connectivity index (χ3n) is 4.47. The second-order valence-corrected chi connectivity index (χ2v) is 6.31. The molecule has 2 heterocycles. The van der Waals surface area contributed by atoms with E-state index in [-0.39, 0.29) is 6.42 Å². The van der Waals surface area contributed by atoms with Crippen molar-refractivity contribution < 1.29 is 14.3 Å². The number of hydrogen-bond acceptors (Lipinski definition) is 3. The van der Waals surface area contributed by atoms with Crippen molar-refractivity contribution in [2.24, 2.45) is 5.92 Å². The lowest BCUT2D eigenvalue weighted by atomic mass is 9.93. The molecule has 0 saturated carbocycles. The predicted octanol–water partition coefficient (Wildman–Crippen LogP) is 4.02. The van der Waals surface area contributed by atoms with Crippen LogP contribution < -0.4 is 0 Å². The third-order valence-corrected chi connectivity index (χ3v) is 4.47. The standard InChI is InChI=1S/C19H23NO3/c21-19(22)11-8-15-5-4-12-20(13-15)14-17-9-10-18(23-17)16-6-2-1-3-7-16/h1-3,6-7,9-10,15H,4-5,8,11-14H2,(H,21,22). The minimum Gasteiger partial charge on any atom is -0.481 e. The molecule has 0 radical (unpaired) electrons. The molecule has 4 heteroatoms. The molecule has 1 N–H and O–H groups in total. The first-order valence-corrected chi connectivity index (χ1v) is 8.29. The van der Waals surface area contributed by atoms with Crippen molar-refractivity contribution in [3.05, 3.63) is 48.2 Å². The van der Waals surface area contributed by atoms with E-state index in [4.69, 9.17) is 9.52 Å². The zero-order valence-corrected chi connectivity index (χ0v) is 13.3. The number of carboxylic acid groups (broad SMARTS) is 1. The molecule has 122 valence electrons. The number of benzene rings is 1. The van der Waals surface area contributed by atoms with Crippen LogP contribution in [0.3, 0.4) is 0 Å². The first-order chi connectivity index (χ1) is 11.2. The van der Waals surface area contributed by atoms with Gasteiger partial charge in [0.25, 0.3) is 0 Å². The van der Waals surface area contributed by atoms with Gasteiger partial charge < -0.3 is 9.52 Å². The quantitative estimate of drug-likeness (QED) is 0.875. The van der Waals surface area contributed by atoms with E-state index in [9.17, 15) is 4.79 Å². The topological polar surface area (TPSA) is 53.7 Å². The summed E-state index contributed by atoms with van der Waals surface area (Å²) in [7, 11) is 0. The van der Waals surface area contributed by atoms with Gasteiger partial charge in [0.15, 0.2) is 0 Å². The largest absolute Gasteiger partial charge is 0.481 e. The molecular formula is C19H23NO3. The SMILES string of the molecule is O=C(O)CCC1CCCN(Cc2ccc(-c3ccccc3)o2)C1. The highest BCUT2D eigenvalue weighted by atomic mass is 16.4. The Morgan fingerprint density at radius 1 is 1.22 bits per heavy atom. The van der Waals surface area contributed by atoms with Crippen LogP contribution in [0.4, 0.5) is 0 Å². The Morgan fingerprint density at radius 3 is 2.83 bits per heavy atom. The highest BCUT2D eigenvalue weighted by molar-refractivity contribution is 5.66. The summed E-state index contributed by atoms with van der Waals surface area (Å²) in [4.78, 5) is 13.1. The lowest BCUT2D eigenvalue weighted by molar-refractivity contribution is -0.137. The molecule has 1 atom stereocenters. The number of hydrogen-bond donors (Lipinski definition) is 1. The fourth-order valence-electron chi connectivity index (χ4n) is 3.30. The Hall–Kier alpha value is -2.07. The summed E-state index contributed by atoms with van der Waals surface area (Å²) in [5, 5.41) is 8.83. The van der Waals surface area contributed by atoms with Crippen LogP contribution in [0.5, 0.6) is 0 Å². The first-order valence-electron chi connectivity index (χ1n) is 8.29. The van der Waals surface area contributed by atoms with Gasteiger partial charge in [0.05, 0.1) is 6.54 Å². The lowest BCUT2D eigenvalue weighted by Gasteiger charge is -2.31. The molecule has 0 bridgehead atoms. The predicted molar refractivity (Wildman–Crippen MR) is 89.0 cm³/mol. The summed E-state index contributed by atoms with van der Waals surface area (Å²) >= 11 is 0. The number of aliphatic carboxylic acids is 1. The van der Waals surface area contributed by atoms with Gasteiger partial charge in [-0.1, -0.05) is 30.3 Å². The zero-order valence-electron chi connectivity index (χ0n) is 13.3. The minimum absolute atomic E-state index is 0.275. The van der Waals surface area contributed by atoms with Crippen molar-refractivity contribution >= 4 is 5.97 Å². The number of piperidine rings is 1. The van der Waals surface area contributed by atoms with E-state index in [1.165, 1.54) is 0 Å². The number of likely N-dealkylation sites (tertiary alicyclic amines) is 1. The van der Waals surface area contributed by atoms with Gasteiger partial charge in [0.1, 0.15) is 11.5 Å². The van der Waals surface area contributed by atoms with Gasteiger partial charge in [-0.3, -0.25) is 9.69 Å². The van der Waals surface area contributed by atoms with Crippen LogP contribution in [0.2, 0.25) is 0 Å². The van der Waals surface area contributed by atoms with E-state index >= 15 is 0 Å². The number of carbonyl (C=O) groups is 1. The summed E-state index contributed by atoms with van der Waals surface area (Å²) in [5.74, 6) is 1.67. The summed E-state index contributed by atoms with van der Waals surface area (Å²) < 4.78 is 5.97. The van der Waals surface area contributed by atoms with E-state index in [0.717, 1.165) is 56.0 Å². The number of rotatable bonds is 6. The van der Waals surface area contributed by atoms with Gasteiger partial charge in [0, 0.05) is 18.5 Å². The van der Waals surface area contributed by atoms with Gasteiger partial charge in [-0.2, -0.15) is 0 Å². The van der Waals surface area contributed by atoms with Crippen molar-refractivity contribution in [1.82, 2.24) is 4.90 Å². The Bertz CT molecular complexity index is 635. The van der Waals surface area contributed by atoms with Crippen molar-refractivity contribution in [1.29, 1.82) is 0 Å². The fourth-order valence-corrected chi connectivity index (χ4v) is 3.30. The van der Waals surface area contributed by atoms with Gasteiger partial charge in [-0.05, 0) is 43.9 Å². The molecular weight excluding hydrogens is 290 g/mol. The summed E-state index contributed by atoms with van der Waals surface area (Å²) in [6, 6.07) is 14.2. The van der Waals surface area contributed by atoms with Crippen LogP contribution >= 0.6 is 0 Å². The van der Waals surface area contributed by atoms with Crippen molar-refractivity contribution in [3.8, 4) is 11.3 Å². The monoisotopic (exact) mass is 313 g/mol. The van der Waals surface area contributed by atoms with Crippen LogP contribution in [0.15, 0.2) is 46.9 Å². The molecule has 0 aliphatic carbocycles. The average Bonchev–Trinajstić information content (AvgIpc) is 3.03. The van der Waals surface area contributed by atoms with Crippen LogP contribution in [0.1, 0.15) is 31.4 Å². The Labute approximate surface area is 136 Å². The maximum Gasteiger partial charge on any atom is 0.303 e. The summed E-state index contributed by atoms with van der Waals surface area (Å²) in [5.41, 5.74) is 1.09. The van der Waals surface area contributed by atoms with Crippen LogP contribution in [-0.2, 0) is 11.3 Å². The second kappa shape index (κ2) is 7.47. The minimum atomic E-state index is -0.694. The third kappa shape index (κ3) is 4.45. The van der Waals surface area contributed by atoms with Crippen molar-refractivity contribution in [2.45, 2.75) is 32.2 Å². The molecule has 0 spiro atoms. The van der Waals surface area contributed by atoms with Crippen molar-refractivity contribution in [2.75, 3.05) is 13.1 Å². The molecule has 1 saturated heterocycles. The van der Waals surface area contributed by atoms with Gasteiger partial charge >= 0.3 is 5.97 Å². The molecule has 1 fully saturated rings. The van der Waals surface area contributed by atoms with E-state index in [1.807, 2.05) is 42.5 Å². The molecule has 0 amide bonds. The average molecular weight is 313 g/mol. The highest BCUT2D eigenvalue weighted by Gasteiger charge is 2.21. The van der Waals surface area contributed by atoms with E-state index in [2.05, 4.69) is 4.90 Å². The smallest absolute Gasteiger partial charge is 0.303 e. The summed E-state index contributed by atoms with van der Waals surface area (Å²) in [6.45, 7) is 2.83. The van der Waals surface area contributed by atoms with Crippen LogP contribution in [0.25, 0.3) is 11.3 Å². The number of furan rings is 1. The molecule has 1 aromatic heterocycles. The first kappa shape index (κ1) is 15.8. The normalized spacial score (nSPS) is 18.9. The molecule has 4 nitrogen and oxygen atoms in total. The molecule has 1 aromatic carbocycles. The molecule has 2 aromatic rings. The second-order valence-electron chi connectivity index (χ2n) is 6.31. The Morgan fingerprint density at radius 2 is 2.04 bits per heavy atom. The van der Waals surface area contributed by atoms with E-state index in [1.54, 1.807) is 0 Å².